The van der Waals surface area contributed by atoms with Gasteiger partial charge in [0.1, 0.15) is 0 Å². The number of hydrogen-bond donors (Lipinski definition) is 2. The zero-order valence-electron chi connectivity index (χ0n) is 8.84. The van der Waals surface area contributed by atoms with Crippen LogP contribution in [0.15, 0.2) is 0 Å². The van der Waals surface area contributed by atoms with E-state index in [1.54, 1.807) is 0 Å². The summed E-state index contributed by atoms with van der Waals surface area (Å²) < 4.78 is 0. The molecular weight excluding hydrogens is 196 g/mol. The van der Waals surface area contributed by atoms with Gasteiger partial charge in [0.25, 0.3) is 0 Å². The van der Waals surface area contributed by atoms with Crippen LogP contribution in [0, 0.1) is 0 Å². The molecule has 0 saturated carbocycles. The molecule has 1 unspecified atom stereocenters. The van der Waals surface area contributed by atoms with Gasteiger partial charge in [-0.1, -0.05) is 6.42 Å². The summed E-state index contributed by atoms with van der Waals surface area (Å²) in [5.41, 5.74) is 0. The van der Waals surface area contributed by atoms with Gasteiger partial charge in [-0.05, 0) is 37.8 Å². The smallest absolute Gasteiger partial charge is 0.237 e. The second-order valence-corrected chi connectivity index (χ2v) is 4.63. The maximum Gasteiger partial charge on any atom is 0.237 e. The molecule has 1 atom stereocenters. The summed E-state index contributed by atoms with van der Waals surface area (Å²) in [6, 6.07) is 0.0676. The molecule has 0 spiro atoms. The van der Waals surface area contributed by atoms with Crippen molar-refractivity contribution in [3.8, 4) is 0 Å². The van der Waals surface area contributed by atoms with E-state index in [4.69, 9.17) is 0 Å². The molecule has 1 rings (SSSR count). The lowest BCUT2D eigenvalue weighted by atomic mass is 10.0. The van der Waals surface area contributed by atoms with Crippen molar-refractivity contribution in [2.45, 2.75) is 31.7 Å². The molecule has 1 heterocycles. The van der Waals surface area contributed by atoms with Crippen LogP contribution in [0.3, 0.4) is 0 Å². The van der Waals surface area contributed by atoms with E-state index < -0.39 is 0 Å². The standard InChI is InChI=1S/C10H20N2OS/c1-14-8-4-7-12-10(13)9-5-2-3-6-11-9/h9,11H,2-8H2,1H3,(H,12,13). The number of thioether (sulfide) groups is 1. The molecular formula is C10H20N2OS. The highest BCUT2D eigenvalue weighted by Gasteiger charge is 2.19. The Morgan fingerprint density at radius 1 is 1.57 bits per heavy atom. The van der Waals surface area contributed by atoms with Crippen molar-refractivity contribution in [2.75, 3.05) is 25.1 Å². The van der Waals surface area contributed by atoms with Crippen molar-refractivity contribution >= 4 is 17.7 Å². The largest absolute Gasteiger partial charge is 0.355 e. The number of amides is 1. The molecule has 1 aliphatic heterocycles. The van der Waals surface area contributed by atoms with Gasteiger partial charge in [0, 0.05) is 6.54 Å². The summed E-state index contributed by atoms with van der Waals surface area (Å²) in [6.07, 6.45) is 6.53. The second kappa shape index (κ2) is 7.12. The molecule has 4 heteroatoms. The first-order valence-corrected chi connectivity index (χ1v) is 6.74. The second-order valence-electron chi connectivity index (χ2n) is 3.64. The number of hydrogen-bond acceptors (Lipinski definition) is 3. The van der Waals surface area contributed by atoms with E-state index >= 15 is 0 Å². The molecule has 0 aromatic rings. The molecule has 0 radical (unpaired) electrons. The lowest BCUT2D eigenvalue weighted by Crippen LogP contribution is -2.46. The van der Waals surface area contributed by atoms with Gasteiger partial charge in [0.05, 0.1) is 6.04 Å². The van der Waals surface area contributed by atoms with E-state index in [0.29, 0.717) is 0 Å². The van der Waals surface area contributed by atoms with E-state index in [-0.39, 0.29) is 11.9 Å². The topological polar surface area (TPSA) is 41.1 Å². The Balaban J connectivity index is 2.07. The quantitative estimate of drug-likeness (QED) is 0.674. The van der Waals surface area contributed by atoms with Crippen LogP contribution in [0.2, 0.25) is 0 Å². The first-order chi connectivity index (χ1) is 6.84. The summed E-state index contributed by atoms with van der Waals surface area (Å²) in [7, 11) is 0. The summed E-state index contributed by atoms with van der Waals surface area (Å²) in [5.74, 6) is 1.31. The third kappa shape index (κ3) is 4.33. The Kier molecular flexibility index (Phi) is 6.03. The fourth-order valence-corrected chi connectivity index (χ4v) is 2.06. The molecule has 0 aromatic carbocycles. The van der Waals surface area contributed by atoms with Gasteiger partial charge in [-0.3, -0.25) is 4.79 Å². The fourth-order valence-electron chi connectivity index (χ4n) is 1.63. The molecule has 1 aliphatic rings. The molecule has 14 heavy (non-hydrogen) atoms. The normalized spacial score (nSPS) is 21.9. The molecule has 82 valence electrons. The van der Waals surface area contributed by atoms with Crippen LogP contribution in [-0.2, 0) is 4.79 Å². The van der Waals surface area contributed by atoms with E-state index in [1.165, 1.54) is 12.8 Å². The number of piperidine rings is 1. The van der Waals surface area contributed by atoms with Gasteiger partial charge in [-0.25, -0.2) is 0 Å². The van der Waals surface area contributed by atoms with Crippen molar-refractivity contribution in [1.29, 1.82) is 0 Å². The summed E-state index contributed by atoms with van der Waals surface area (Å²) in [4.78, 5) is 11.6. The molecule has 2 N–H and O–H groups in total. The van der Waals surface area contributed by atoms with Gasteiger partial charge in [-0.15, -0.1) is 0 Å². The first kappa shape index (κ1) is 11.9. The van der Waals surface area contributed by atoms with Crippen LogP contribution < -0.4 is 10.6 Å². The number of rotatable bonds is 5. The molecule has 0 bridgehead atoms. The van der Waals surface area contributed by atoms with Crippen molar-refractivity contribution in [3.63, 3.8) is 0 Å². The SMILES string of the molecule is CSCCCNC(=O)C1CCCCN1. The lowest BCUT2D eigenvalue weighted by Gasteiger charge is -2.22. The average molecular weight is 216 g/mol. The van der Waals surface area contributed by atoms with Crippen LogP contribution in [-0.4, -0.2) is 37.0 Å². The van der Waals surface area contributed by atoms with Crippen molar-refractivity contribution in [2.24, 2.45) is 0 Å². The fraction of sp³-hybridized carbons (Fsp3) is 0.900. The van der Waals surface area contributed by atoms with Crippen molar-refractivity contribution < 1.29 is 4.79 Å². The van der Waals surface area contributed by atoms with E-state index in [9.17, 15) is 4.79 Å². The summed E-state index contributed by atoms with van der Waals surface area (Å²) >= 11 is 1.82. The Morgan fingerprint density at radius 3 is 3.07 bits per heavy atom. The maximum absolute atomic E-state index is 11.6. The van der Waals surface area contributed by atoms with Gasteiger partial charge in [-0.2, -0.15) is 11.8 Å². The average Bonchev–Trinajstić information content (AvgIpc) is 2.25. The maximum atomic E-state index is 11.6. The summed E-state index contributed by atoms with van der Waals surface area (Å²) in [6.45, 7) is 1.81. The lowest BCUT2D eigenvalue weighted by molar-refractivity contribution is -0.123. The molecule has 0 aromatic heterocycles. The first-order valence-electron chi connectivity index (χ1n) is 5.34. The minimum absolute atomic E-state index is 0.0676. The number of carbonyl (C=O) groups is 1. The van der Waals surface area contributed by atoms with Crippen LogP contribution in [0.4, 0.5) is 0 Å². The van der Waals surface area contributed by atoms with Crippen molar-refractivity contribution in [1.82, 2.24) is 10.6 Å². The van der Waals surface area contributed by atoms with E-state index in [1.807, 2.05) is 11.8 Å². The van der Waals surface area contributed by atoms with Crippen LogP contribution in [0.5, 0.6) is 0 Å². The minimum atomic E-state index is 0.0676. The minimum Gasteiger partial charge on any atom is -0.355 e. The highest BCUT2D eigenvalue weighted by atomic mass is 32.2. The van der Waals surface area contributed by atoms with Crippen molar-refractivity contribution in [3.05, 3.63) is 0 Å². The Hall–Kier alpha value is -0.220. The monoisotopic (exact) mass is 216 g/mol. The van der Waals surface area contributed by atoms with Gasteiger partial charge in [0.2, 0.25) is 5.91 Å². The Labute approximate surface area is 90.4 Å². The Morgan fingerprint density at radius 2 is 2.43 bits per heavy atom. The van der Waals surface area contributed by atoms with Crippen LogP contribution in [0.1, 0.15) is 25.7 Å². The molecule has 3 nitrogen and oxygen atoms in total. The molecule has 0 aliphatic carbocycles. The van der Waals surface area contributed by atoms with E-state index in [2.05, 4.69) is 16.9 Å². The highest BCUT2D eigenvalue weighted by Crippen LogP contribution is 2.06. The third-order valence-corrected chi connectivity index (χ3v) is 3.15. The highest BCUT2D eigenvalue weighted by molar-refractivity contribution is 7.98. The van der Waals surface area contributed by atoms with Crippen LogP contribution in [0.25, 0.3) is 0 Å². The zero-order valence-corrected chi connectivity index (χ0v) is 9.66. The third-order valence-electron chi connectivity index (χ3n) is 2.45. The molecule has 1 saturated heterocycles. The van der Waals surface area contributed by atoms with Gasteiger partial charge >= 0.3 is 0 Å². The Bertz CT molecular complexity index is 170. The van der Waals surface area contributed by atoms with Gasteiger partial charge < -0.3 is 10.6 Å². The van der Waals surface area contributed by atoms with Crippen LogP contribution >= 0.6 is 11.8 Å². The molecule has 1 amide bonds. The van der Waals surface area contributed by atoms with Gasteiger partial charge in [0.15, 0.2) is 0 Å². The van der Waals surface area contributed by atoms with E-state index in [0.717, 1.165) is 31.7 Å². The number of nitrogens with one attached hydrogen (secondary N) is 2. The number of carbonyl (C=O) groups excluding carboxylic acids is 1. The zero-order chi connectivity index (χ0) is 10.2. The predicted molar refractivity (Wildman–Crippen MR) is 61.7 cm³/mol. The summed E-state index contributed by atoms with van der Waals surface area (Å²) in [5, 5.41) is 6.21. The molecule has 1 fully saturated rings. The predicted octanol–water partition coefficient (Wildman–Crippen LogP) is 0.998.